The molecule has 2 heterocycles. The lowest BCUT2D eigenvalue weighted by atomic mass is 10.2. The molecule has 0 fully saturated rings. The quantitative estimate of drug-likeness (QED) is 0.456. The molecule has 0 saturated heterocycles. The van der Waals surface area contributed by atoms with E-state index in [4.69, 9.17) is 14.2 Å². The summed E-state index contributed by atoms with van der Waals surface area (Å²) in [6.07, 6.45) is 1.81. The molecule has 7 heteroatoms. The third-order valence-electron chi connectivity index (χ3n) is 4.42. The number of rotatable bonds is 8. The van der Waals surface area contributed by atoms with Gasteiger partial charge in [0.05, 0.1) is 22.6 Å². The van der Waals surface area contributed by atoms with Crippen molar-refractivity contribution in [2.45, 2.75) is 53.0 Å². The SMILES string of the molecule is Cc1cnc(C)c(N(CC(C)C)Sc2ccc(OCc3c(C)noc3C)cc2)n1. The molecule has 0 N–H and O–H groups in total. The van der Waals surface area contributed by atoms with E-state index in [1.165, 1.54) is 0 Å². The number of ether oxygens (including phenoxy) is 1. The molecule has 1 aromatic carbocycles. The number of aromatic nitrogens is 3. The van der Waals surface area contributed by atoms with Gasteiger partial charge >= 0.3 is 0 Å². The summed E-state index contributed by atoms with van der Waals surface area (Å²) >= 11 is 1.67. The smallest absolute Gasteiger partial charge is 0.160 e. The predicted molar refractivity (Wildman–Crippen MR) is 116 cm³/mol. The highest BCUT2D eigenvalue weighted by Gasteiger charge is 2.16. The van der Waals surface area contributed by atoms with Crippen LogP contribution in [0, 0.1) is 33.6 Å². The Hall–Kier alpha value is -2.54. The van der Waals surface area contributed by atoms with Gasteiger partial charge in [0.25, 0.3) is 0 Å². The minimum atomic E-state index is 0.450. The second-order valence-electron chi connectivity index (χ2n) is 7.53. The highest BCUT2D eigenvalue weighted by atomic mass is 32.2. The standard InChI is InChI=1S/C22H28N4O2S/c1-14(2)12-26(22-17(5)23-11-15(3)24-22)29-20-9-7-19(8-10-20)27-13-21-16(4)25-28-18(21)6/h7-11,14H,12-13H2,1-6H3. The number of nitrogens with zero attached hydrogens (tertiary/aromatic N) is 4. The average molecular weight is 413 g/mol. The molecule has 0 radical (unpaired) electrons. The van der Waals surface area contributed by atoms with Crippen LogP contribution in [0.3, 0.4) is 0 Å². The molecule has 154 valence electrons. The van der Waals surface area contributed by atoms with Crippen LogP contribution in [0.1, 0.15) is 42.3 Å². The van der Waals surface area contributed by atoms with E-state index in [2.05, 4.69) is 40.4 Å². The molecule has 0 amide bonds. The topological polar surface area (TPSA) is 64.3 Å². The number of benzene rings is 1. The largest absolute Gasteiger partial charge is 0.489 e. The summed E-state index contributed by atoms with van der Waals surface area (Å²) in [4.78, 5) is 10.3. The number of hydrogen-bond acceptors (Lipinski definition) is 7. The maximum atomic E-state index is 5.91. The van der Waals surface area contributed by atoms with Crippen LogP contribution >= 0.6 is 11.9 Å². The van der Waals surface area contributed by atoms with Crippen molar-refractivity contribution in [2.75, 3.05) is 10.8 Å². The summed E-state index contributed by atoms with van der Waals surface area (Å²) in [7, 11) is 0. The van der Waals surface area contributed by atoms with Crippen molar-refractivity contribution in [1.29, 1.82) is 0 Å². The first-order chi connectivity index (χ1) is 13.8. The molecule has 29 heavy (non-hydrogen) atoms. The van der Waals surface area contributed by atoms with E-state index in [0.29, 0.717) is 12.5 Å². The van der Waals surface area contributed by atoms with Gasteiger partial charge in [-0.25, -0.2) is 4.98 Å². The van der Waals surface area contributed by atoms with Gasteiger partial charge in [-0.15, -0.1) is 0 Å². The van der Waals surface area contributed by atoms with E-state index in [1.54, 1.807) is 11.9 Å². The zero-order valence-corrected chi connectivity index (χ0v) is 18.7. The molecule has 3 aromatic rings. The van der Waals surface area contributed by atoms with Gasteiger partial charge in [-0.1, -0.05) is 19.0 Å². The second-order valence-corrected chi connectivity index (χ2v) is 8.62. The van der Waals surface area contributed by atoms with Crippen LogP contribution in [0.15, 0.2) is 39.9 Å². The lowest BCUT2D eigenvalue weighted by Gasteiger charge is -2.25. The van der Waals surface area contributed by atoms with Crippen molar-refractivity contribution in [3.05, 3.63) is 58.9 Å². The maximum Gasteiger partial charge on any atom is 0.160 e. The minimum Gasteiger partial charge on any atom is -0.489 e. The Morgan fingerprint density at radius 1 is 1.07 bits per heavy atom. The second kappa shape index (κ2) is 9.31. The van der Waals surface area contributed by atoms with E-state index in [9.17, 15) is 0 Å². The van der Waals surface area contributed by atoms with E-state index >= 15 is 0 Å². The van der Waals surface area contributed by atoms with Crippen molar-refractivity contribution >= 4 is 17.8 Å². The molecule has 3 rings (SSSR count). The molecule has 0 atom stereocenters. The zero-order valence-electron chi connectivity index (χ0n) is 17.9. The van der Waals surface area contributed by atoms with E-state index in [0.717, 1.165) is 51.4 Å². The molecule has 0 aliphatic carbocycles. The van der Waals surface area contributed by atoms with E-state index in [-0.39, 0.29) is 0 Å². The van der Waals surface area contributed by atoms with Crippen molar-refractivity contribution in [3.63, 3.8) is 0 Å². The van der Waals surface area contributed by atoms with Gasteiger partial charge in [-0.05, 0) is 69.8 Å². The fraction of sp³-hybridized carbons (Fsp3) is 0.409. The highest BCUT2D eigenvalue weighted by molar-refractivity contribution is 8.00. The number of aryl methyl sites for hydroxylation is 4. The normalized spacial score (nSPS) is 11.1. The predicted octanol–water partition coefficient (Wildman–Crippen LogP) is 5.45. The molecule has 2 aromatic heterocycles. The fourth-order valence-electron chi connectivity index (χ4n) is 2.85. The monoisotopic (exact) mass is 412 g/mol. The van der Waals surface area contributed by atoms with Gasteiger partial charge in [0.1, 0.15) is 18.1 Å². The summed E-state index contributed by atoms with van der Waals surface area (Å²) in [6, 6.07) is 8.12. The molecule has 6 nitrogen and oxygen atoms in total. The summed E-state index contributed by atoms with van der Waals surface area (Å²) in [5.41, 5.74) is 3.72. The summed E-state index contributed by atoms with van der Waals surface area (Å²) in [5.74, 6) is 3.04. The van der Waals surface area contributed by atoms with E-state index < -0.39 is 0 Å². The molecule has 0 aliphatic heterocycles. The average Bonchev–Trinajstić information content (AvgIpc) is 3.00. The van der Waals surface area contributed by atoms with Gasteiger partial charge < -0.3 is 9.26 Å². The molecule has 0 spiro atoms. The Kier molecular flexibility index (Phi) is 6.79. The van der Waals surface area contributed by atoms with Gasteiger partial charge in [-0.3, -0.25) is 9.29 Å². The first kappa shape index (κ1) is 21.2. The Labute approximate surface area is 176 Å². The van der Waals surface area contributed by atoms with Crippen LogP contribution in [0.25, 0.3) is 0 Å². The van der Waals surface area contributed by atoms with Crippen molar-refractivity contribution in [1.82, 2.24) is 15.1 Å². The molecule has 0 bridgehead atoms. The maximum absolute atomic E-state index is 5.91. The summed E-state index contributed by atoms with van der Waals surface area (Å²) < 4.78 is 13.3. The molecule has 0 unspecified atom stereocenters. The first-order valence-corrected chi connectivity index (χ1v) is 10.5. The Morgan fingerprint density at radius 2 is 1.79 bits per heavy atom. The Morgan fingerprint density at radius 3 is 2.41 bits per heavy atom. The zero-order chi connectivity index (χ0) is 21.0. The lowest BCUT2D eigenvalue weighted by Crippen LogP contribution is -2.22. The molecule has 0 aliphatic rings. The van der Waals surface area contributed by atoms with Crippen molar-refractivity contribution in [2.24, 2.45) is 5.92 Å². The van der Waals surface area contributed by atoms with Crippen LogP contribution in [0.2, 0.25) is 0 Å². The first-order valence-electron chi connectivity index (χ1n) is 9.74. The van der Waals surface area contributed by atoms with Crippen LogP contribution in [-0.4, -0.2) is 21.7 Å². The third kappa shape index (κ3) is 5.50. The van der Waals surface area contributed by atoms with Crippen LogP contribution < -0.4 is 9.04 Å². The molecular weight excluding hydrogens is 384 g/mol. The van der Waals surface area contributed by atoms with Gasteiger partial charge in [0.15, 0.2) is 5.82 Å². The highest BCUT2D eigenvalue weighted by Crippen LogP contribution is 2.31. The fourth-order valence-corrected chi connectivity index (χ4v) is 3.99. The Bertz CT molecular complexity index is 934. The van der Waals surface area contributed by atoms with Gasteiger partial charge in [0.2, 0.25) is 0 Å². The van der Waals surface area contributed by atoms with Gasteiger partial charge in [0, 0.05) is 17.6 Å². The number of anilines is 1. The molecule has 0 saturated carbocycles. The van der Waals surface area contributed by atoms with Gasteiger partial charge in [-0.2, -0.15) is 0 Å². The number of hydrogen-bond donors (Lipinski definition) is 0. The molecular formula is C22H28N4O2S. The third-order valence-corrected chi connectivity index (χ3v) is 5.45. The van der Waals surface area contributed by atoms with Crippen LogP contribution in [0.4, 0.5) is 5.82 Å². The Balaban J connectivity index is 1.71. The lowest BCUT2D eigenvalue weighted by molar-refractivity contribution is 0.301. The summed E-state index contributed by atoms with van der Waals surface area (Å²) in [5, 5.41) is 3.97. The van der Waals surface area contributed by atoms with Crippen LogP contribution in [-0.2, 0) is 6.61 Å². The van der Waals surface area contributed by atoms with Crippen molar-refractivity contribution < 1.29 is 9.26 Å². The van der Waals surface area contributed by atoms with Crippen molar-refractivity contribution in [3.8, 4) is 5.75 Å². The van der Waals surface area contributed by atoms with Crippen LogP contribution in [0.5, 0.6) is 5.75 Å². The minimum absolute atomic E-state index is 0.450. The van der Waals surface area contributed by atoms with E-state index in [1.807, 2.05) is 46.0 Å². The summed E-state index contributed by atoms with van der Waals surface area (Å²) in [6.45, 7) is 13.5.